The standard InChI is InChI=1S/C13H13BrN2O3/c1-6-10(7(2)19-15-6)12-11(14)8-4-3-5-9(8)16(12)13(17)18/h3-5H2,1-2H3,(H,17,18). The van der Waals surface area contributed by atoms with Gasteiger partial charge in [-0.3, -0.25) is 0 Å². The normalized spacial score (nSPS) is 13.8. The van der Waals surface area contributed by atoms with Gasteiger partial charge >= 0.3 is 6.09 Å². The summed E-state index contributed by atoms with van der Waals surface area (Å²) < 4.78 is 7.40. The highest BCUT2D eigenvalue weighted by Crippen LogP contribution is 2.42. The van der Waals surface area contributed by atoms with E-state index in [1.807, 2.05) is 6.92 Å². The van der Waals surface area contributed by atoms with Crippen LogP contribution in [0.2, 0.25) is 0 Å². The number of halogens is 1. The Labute approximate surface area is 118 Å². The van der Waals surface area contributed by atoms with E-state index in [0.29, 0.717) is 17.1 Å². The zero-order chi connectivity index (χ0) is 13.7. The maximum atomic E-state index is 11.6. The quantitative estimate of drug-likeness (QED) is 0.871. The molecule has 0 saturated carbocycles. The van der Waals surface area contributed by atoms with Gasteiger partial charge in [0.25, 0.3) is 0 Å². The van der Waals surface area contributed by atoms with E-state index in [1.165, 1.54) is 4.57 Å². The van der Waals surface area contributed by atoms with Crippen LogP contribution in [-0.2, 0) is 12.8 Å². The minimum Gasteiger partial charge on any atom is -0.464 e. The van der Waals surface area contributed by atoms with Gasteiger partial charge in [0.1, 0.15) is 5.76 Å². The molecule has 3 rings (SSSR count). The van der Waals surface area contributed by atoms with Gasteiger partial charge in [0, 0.05) is 10.2 Å². The van der Waals surface area contributed by atoms with Crippen molar-refractivity contribution in [3.05, 3.63) is 27.2 Å². The summed E-state index contributed by atoms with van der Waals surface area (Å²) in [5.74, 6) is 0.636. The van der Waals surface area contributed by atoms with Crippen LogP contribution in [-0.4, -0.2) is 20.9 Å². The first-order valence-electron chi connectivity index (χ1n) is 6.10. The summed E-state index contributed by atoms with van der Waals surface area (Å²) in [6.45, 7) is 3.62. The second-order valence-corrected chi connectivity index (χ2v) is 5.55. The number of aromatic nitrogens is 2. The molecule has 1 N–H and O–H groups in total. The predicted octanol–water partition coefficient (Wildman–Crippen LogP) is 3.54. The van der Waals surface area contributed by atoms with Crippen molar-refractivity contribution in [1.82, 2.24) is 9.72 Å². The average Bonchev–Trinajstić information content (AvgIpc) is 2.98. The summed E-state index contributed by atoms with van der Waals surface area (Å²) in [4.78, 5) is 11.6. The Morgan fingerprint density at radius 2 is 2.16 bits per heavy atom. The van der Waals surface area contributed by atoms with E-state index in [4.69, 9.17) is 4.52 Å². The molecule has 0 amide bonds. The molecule has 0 aliphatic heterocycles. The van der Waals surface area contributed by atoms with Gasteiger partial charge in [0.2, 0.25) is 0 Å². The van der Waals surface area contributed by atoms with E-state index in [-0.39, 0.29) is 0 Å². The third kappa shape index (κ3) is 1.66. The molecule has 0 unspecified atom stereocenters. The fourth-order valence-electron chi connectivity index (χ4n) is 2.84. The molecule has 0 fully saturated rings. The highest BCUT2D eigenvalue weighted by molar-refractivity contribution is 9.10. The fraction of sp³-hybridized carbons (Fsp3) is 0.385. The second kappa shape index (κ2) is 4.23. The maximum Gasteiger partial charge on any atom is 0.416 e. The van der Waals surface area contributed by atoms with Crippen LogP contribution in [0, 0.1) is 13.8 Å². The highest BCUT2D eigenvalue weighted by atomic mass is 79.9. The van der Waals surface area contributed by atoms with Crippen molar-refractivity contribution < 1.29 is 14.4 Å². The van der Waals surface area contributed by atoms with Crippen LogP contribution in [0.3, 0.4) is 0 Å². The molecule has 100 valence electrons. The summed E-state index contributed by atoms with van der Waals surface area (Å²) in [6, 6.07) is 0. The Morgan fingerprint density at radius 1 is 1.42 bits per heavy atom. The molecule has 1 aliphatic carbocycles. The third-order valence-electron chi connectivity index (χ3n) is 3.62. The van der Waals surface area contributed by atoms with E-state index in [1.54, 1.807) is 6.92 Å². The predicted molar refractivity (Wildman–Crippen MR) is 72.6 cm³/mol. The lowest BCUT2D eigenvalue weighted by Gasteiger charge is -2.07. The van der Waals surface area contributed by atoms with E-state index in [2.05, 4.69) is 21.1 Å². The molecule has 0 spiro atoms. The van der Waals surface area contributed by atoms with Crippen LogP contribution >= 0.6 is 15.9 Å². The van der Waals surface area contributed by atoms with Gasteiger partial charge in [-0.15, -0.1) is 0 Å². The number of hydrogen-bond donors (Lipinski definition) is 1. The molecule has 5 nitrogen and oxygen atoms in total. The van der Waals surface area contributed by atoms with Crippen LogP contribution in [0.5, 0.6) is 0 Å². The molecule has 0 aromatic carbocycles. The first kappa shape index (κ1) is 12.5. The van der Waals surface area contributed by atoms with Crippen molar-refractivity contribution in [1.29, 1.82) is 0 Å². The third-order valence-corrected chi connectivity index (χ3v) is 4.47. The molecule has 0 bridgehead atoms. The molecule has 2 aromatic rings. The van der Waals surface area contributed by atoms with Crippen LogP contribution in [0.25, 0.3) is 11.3 Å². The smallest absolute Gasteiger partial charge is 0.416 e. The average molecular weight is 325 g/mol. The van der Waals surface area contributed by atoms with Gasteiger partial charge in [0.05, 0.1) is 17.0 Å². The summed E-state index contributed by atoms with van der Waals surface area (Å²) >= 11 is 3.56. The first-order valence-corrected chi connectivity index (χ1v) is 6.90. The topological polar surface area (TPSA) is 68.3 Å². The summed E-state index contributed by atoms with van der Waals surface area (Å²) in [6.07, 6.45) is 1.74. The largest absolute Gasteiger partial charge is 0.464 e. The lowest BCUT2D eigenvalue weighted by Crippen LogP contribution is -2.13. The highest BCUT2D eigenvalue weighted by Gasteiger charge is 2.31. The van der Waals surface area contributed by atoms with E-state index in [0.717, 1.165) is 40.6 Å². The zero-order valence-corrected chi connectivity index (χ0v) is 12.2. The van der Waals surface area contributed by atoms with Crippen LogP contribution in [0.1, 0.15) is 29.1 Å². The van der Waals surface area contributed by atoms with Gasteiger partial charge in [-0.2, -0.15) is 0 Å². The lowest BCUT2D eigenvalue weighted by atomic mass is 10.1. The zero-order valence-electron chi connectivity index (χ0n) is 10.7. The molecular weight excluding hydrogens is 312 g/mol. The van der Waals surface area contributed by atoms with Crippen LogP contribution in [0.4, 0.5) is 4.79 Å². The van der Waals surface area contributed by atoms with Crippen molar-refractivity contribution in [2.45, 2.75) is 33.1 Å². The maximum absolute atomic E-state index is 11.6. The first-order chi connectivity index (χ1) is 9.02. The number of rotatable bonds is 1. The van der Waals surface area contributed by atoms with Crippen molar-refractivity contribution in [2.24, 2.45) is 0 Å². The summed E-state index contributed by atoms with van der Waals surface area (Å²) in [5, 5.41) is 13.4. The SMILES string of the molecule is Cc1noc(C)c1-c1c(Br)c2c(n1C(=O)O)CCC2. The monoisotopic (exact) mass is 324 g/mol. The van der Waals surface area contributed by atoms with Crippen LogP contribution in [0.15, 0.2) is 9.00 Å². The molecular formula is C13H13BrN2O3. The van der Waals surface area contributed by atoms with Gasteiger partial charge in [0.15, 0.2) is 0 Å². The Bertz CT molecular complexity index is 665. The van der Waals surface area contributed by atoms with Gasteiger partial charge in [-0.25, -0.2) is 9.36 Å². The molecule has 19 heavy (non-hydrogen) atoms. The number of nitrogens with zero attached hydrogens (tertiary/aromatic N) is 2. The molecule has 6 heteroatoms. The van der Waals surface area contributed by atoms with E-state index >= 15 is 0 Å². The minimum atomic E-state index is -0.959. The molecule has 2 aromatic heterocycles. The number of fused-ring (bicyclic) bond motifs is 1. The van der Waals surface area contributed by atoms with Gasteiger partial charge in [-0.1, -0.05) is 5.16 Å². The number of carbonyl (C=O) groups is 1. The Morgan fingerprint density at radius 3 is 2.74 bits per heavy atom. The van der Waals surface area contributed by atoms with Crippen molar-refractivity contribution in [3.8, 4) is 11.3 Å². The molecule has 0 atom stereocenters. The molecule has 0 radical (unpaired) electrons. The van der Waals surface area contributed by atoms with Gasteiger partial charge < -0.3 is 9.63 Å². The Hall–Kier alpha value is -1.56. The fourth-order valence-corrected chi connectivity index (χ4v) is 3.64. The Balaban J connectivity index is 2.36. The van der Waals surface area contributed by atoms with Crippen molar-refractivity contribution >= 4 is 22.0 Å². The Kier molecular flexibility index (Phi) is 2.78. The van der Waals surface area contributed by atoms with Crippen molar-refractivity contribution in [2.75, 3.05) is 0 Å². The number of carboxylic acid groups (broad SMARTS) is 1. The van der Waals surface area contributed by atoms with E-state index < -0.39 is 6.09 Å². The minimum absolute atomic E-state index is 0.636. The number of hydrogen-bond acceptors (Lipinski definition) is 3. The molecule has 2 heterocycles. The van der Waals surface area contributed by atoms with Crippen LogP contribution < -0.4 is 0 Å². The van der Waals surface area contributed by atoms with Gasteiger partial charge in [-0.05, 0) is 54.6 Å². The van der Waals surface area contributed by atoms with Crippen molar-refractivity contribution in [3.63, 3.8) is 0 Å². The van der Waals surface area contributed by atoms with E-state index in [9.17, 15) is 9.90 Å². The number of aryl methyl sites for hydroxylation is 2. The molecule has 1 aliphatic rings. The summed E-state index contributed by atoms with van der Waals surface area (Å²) in [7, 11) is 0. The second-order valence-electron chi connectivity index (χ2n) is 4.76. The molecule has 0 saturated heterocycles. The summed E-state index contributed by atoms with van der Waals surface area (Å²) in [5.41, 5.74) is 4.10. The lowest BCUT2D eigenvalue weighted by molar-refractivity contribution is 0.196.